The minimum absolute atomic E-state index is 0.192. The highest BCUT2D eigenvalue weighted by Gasteiger charge is 1.90. The Bertz CT molecular complexity index is 195. The van der Waals surface area contributed by atoms with Crippen molar-refractivity contribution in [3.63, 3.8) is 0 Å². The zero-order valence-corrected chi connectivity index (χ0v) is 9.92. The first-order valence-corrected chi connectivity index (χ1v) is 5.26. The van der Waals surface area contributed by atoms with Gasteiger partial charge < -0.3 is 10.2 Å². The van der Waals surface area contributed by atoms with Crippen LogP contribution in [0, 0.1) is 17.8 Å². The van der Waals surface area contributed by atoms with E-state index in [0.717, 1.165) is 19.3 Å². The van der Waals surface area contributed by atoms with Crippen molar-refractivity contribution in [3.8, 4) is 11.8 Å². The number of unbranched alkanes of at least 4 members (excludes halogenated alkanes) is 1. The first-order chi connectivity index (χ1) is 7.00. The number of carbonyl (C=O) groups is 1. The first-order valence-electron chi connectivity index (χ1n) is 5.26. The fourth-order valence-corrected chi connectivity index (χ4v) is 0.831. The van der Waals surface area contributed by atoms with E-state index in [1.54, 1.807) is 0 Å². The Kier molecular flexibility index (Phi) is 14.2. The summed E-state index contributed by atoms with van der Waals surface area (Å²) in [4.78, 5) is 9.00. The molecule has 0 bridgehead atoms. The van der Waals surface area contributed by atoms with Gasteiger partial charge in [-0.05, 0) is 12.3 Å². The van der Waals surface area contributed by atoms with Gasteiger partial charge in [-0.15, -0.1) is 11.8 Å². The van der Waals surface area contributed by atoms with Crippen molar-refractivity contribution in [2.24, 2.45) is 5.92 Å². The molecule has 0 aromatic rings. The molecule has 0 radical (unpaired) electrons. The highest BCUT2D eigenvalue weighted by molar-refractivity contribution is 5.62. The van der Waals surface area contributed by atoms with E-state index in [9.17, 15) is 0 Å². The summed E-state index contributed by atoms with van der Waals surface area (Å²) in [5.74, 6) is 5.89. The van der Waals surface area contributed by atoms with Crippen molar-refractivity contribution in [1.29, 1.82) is 0 Å². The van der Waals surface area contributed by atoms with Crippen LogP contribution in [0.3, 0.4) is 0 Å². The van der Waals surface area contributed by atoms with Crippen LogP contribution in [0.5, 0.6) is 0 Å². The number of carboxylic acids is 1. The van der Waals surface area contributed by atoms with Crippen molar-refractivity contribution in [3.05, 3.63) is 0 Å². The van der Waals surface area contributed by atoms with Gasteiger partial charge in [-0.1, -0.05) is 20.3 Å². The number of rotatable bonds is 4. The van der Waals surface area contributed by atoms with E-state index in [2.05, 4.69) is 25.7 Å². The van der Waals surface area contributed by atoms with E-state index in [4.69, 9.17) is 15.0 Å². The summed E-state index contributed by atoms with van der Waals surface area (Å²) in [6.07, 6.45) is 4.06. The van der Waals surface area contributed by atoms with Crippen LogP contribution in [-0.2, 0) is 4.79 Å². The van der Waals surface area contributed by atoms with Gasteiger partial charge in [0.15, 0.2) is 0 Å². The van der Waals surface area contributed by atoms with Crippen molar-refractivity contribution in [2.75, 3.05) is 6.61 Å². The van der Waals surface area contributed by atoms with Crippen LogP contribution in [0.4, 0.5) is 0 Å². The van der Waals surface area contributed by atoms with Crippen molar-refractivity contribution in [1.82, 2.24) is 0 Å². The quantitative estimate of drug-likeness (QED) is 0.557. The van der Waals surface area contributed by atoms with Gasteiger partial charge >= 0.3 is 0 Å². The van der Waals surface area contributed by atoms with Gasteiger partial charge in [-0.2, -0.15) is 0 Å². The second kappa shape index (κ2) is 13.0. The Balaban J connectivity index is 0. The number of carboxylic acid groups (broad SMARTS) is 1. The van der Waals surface area contributed by atoms with Gasteiger partial charge in [0.05, 0.1) is 6.61 Å². The van der Waals surface area contributed by atoms with Gasteiger partial charge in [0.25, 0.3) is 5.97 Å². The molecule has 0 aliphatic rings. The topological polar surface area (TPSA) is 57.5 Å². The molecule has 3 heteroatoms. The van der Waals surface area contributed by atoms with Crippen LogP contribution >= 0.6 is 0 Å². The standard InChI is InChI=1S/C10H18O.C2H4O2/c1-10(2)8-6-4-3-5-7-9-11;1-2(3)4/h10-11H,4,6-9H2,1-2H3;1H3,(H,3,4). The third-order valence-electron chi connectivity index (χ3n) is 1.45. The highest BCUT2D eigenvalue weighted by atomic mass is 16.4. The summed E-state index contributed by atoms with van der Waals surface area (Å²) in [5.41, 5.74) is 0. The summed E-state index contributed by atoms with van der Waals surface area (Å²) in [7, 11) is 0. The van der Waals surface area contributed by atoms with Crippen molar-refractivity contribution < 1.29 is 15.0 Å². The van der Waals surface area contributed by atoms with E-state index in [1.807, 2.05) is 0 Å². The molecule has 0 saturated heterocycles. The van der Waals surface area contributed by atoms with Crippen LogP contribution in [0.25, 0.3) is 0 Å². The van der Waals surface area contributed by atoms with Crippen LogP contribution < -0.4 is 0 Å². The fourth-order valence-electron chi connectivity index (χ4n) is 0.831. The van der Waals surface area contributed by atoms with Crippen molar-refractivity contribution >= 4 is 5.97 Å². The largest absolute Gasteiger partial charge is 0.481 e. The van der Waals surface area contributed by atoms with Crippen LogP contribution in [0.15, 0.2) is 0 Å². The number of aliphatic carboxylic acids is 1. The molecule has 0 heterocycles. The maximum atomic E-state index is 9.00. The molecule has 88 valence electrons. The summed E-state index contributed by atoms with van der Waals surface area (Å²) >= 11 is 0. The third-order valence-corrected chi connectivity index (χ3v) is 1.45. The monoisotopic (exact) mass is 214 g/mol. The molecule has 0 aromatic carbocycles. The van der Waals surface area contributed by atoms with Gasteiger partial charge in [-0.25, -0.2) is 0 Å². The molecule has 0 amide bonds. The summed E-state index contributed by atoms with van der Waals surface area (Å²) in [6.45, 7) is 5.72. The average Bonchev–Trinajstić information content (AvgIpc) is 2.09. The number of aliphatic hydroxyl groups excluding tert-OH is 1. The maximum Gasteiger partial charge on any atom is 0.300 e. The fraction of sp³-hybridized carbons (Fsp3) is 0.750. The Hall–Kier alpha value is -1.01. The molecule has 2 N–H and O–H groups in total. The molecule has 0 aliphatic carbocycles. The number of hydrogen-bond acceptors (Lipinski definition) is 2. The Morgan fingerprint density at radius 3 is 2.13 bits per heavy atom. The van der Waals surface area contributed by atoms with Gasteiger partial charge in [0, 0.05) is 19.8 Å². The third kappa shape index (κ3) is 32.1. The number of aliphatic hydroxyl groups is 1. The normalized spacial score (nSPS) is 8.60. The van der Waals surface area contributed by atoms with Crippen LogP contribution in [0.2, 0.25) is 0 Å². The minimum atomic E-state index is -0.833. The van der Waals surface area contributed by atoms with Gasteiger partial charge in [0.1, 0.15) is 0 Å². The molecular formula is C12H22O3. The molecule has 0 rings (SSSR count). The molecular weight excluding hydrogens is 192 g/mol. The maximum absolute atomic E-state index is 9.00. The second-order valence-corrected chi connectivity index (χ2v) is 3.63. The van der Waals surface area contributed by atoms with E-state index in [-0.39, 0.29) is 6.61 Å². The molecule has 15 heavy (non-hydrogen) atoms. The van der Waals surface area contributed by atoms with E-state index < -0.39 is 5.97 Å². The lowest BCUT2D eigenvalue weighted by Gasteiger charge is -1.99. The molecule has 0 aliphatic heterocycles. The lowest BCUT2D eigenvalue weighted by molar-refractivity contribution is -0.134. The predicted molar refractivity (Wildman–Crippen MR) is 61.5 cm³/mol. The number of hydrogen-bond donors (Lipinski definition) is 2. The zero-order valence-electron chi connectivity index (χ0n) is 9.92. The lowest BCUT2D eigenvalue weighted by atomic mass is 10.1. The Labute approximate surface area is 92.5 Å². The van der Waals surface area contributed by atoms with Gasteiger partial charge in [-0.3, -0.25) is 4.79 Å². The highest BCUT2D eigenvalue weighted by Crippen LogP contribution is 2.04. The average molecular weight is 214 g/mol. The molecule has 0 saturated carbocycles. The van der Waals surface area contributed by atoms with Crippen LogP contribution in [0.1, 0.15) is 46.5 Å². The van der Waals surface area contributed by atoms with E-state index in [1.165, 1.54) is 12.8 Å². The van der Waals surface area contributed by atoms with E-state index in [0.29, 0.717) is 6.42 Å². The van der Waals surface area contributed by atoms with Gasteiger partial charge in [0.2, 0.25) is 0 Å². The van der Waals surface area contributed by atoms with E-state index >= 15 is 0 Å². The smallest absolute Gasteiger partial charge is 0.300 e. The SMILES string of the molecule is CC(=O)O.CC(C)CCCC#CCCO. The molecule has 0 atom stereocenters. The minimum Gasteiger partial charge on any atom is -0.481 e. The first kappa shape index (κ1) is 16.4. The Morgan fingerprint density at radius 2 is 1.73 bits per heavy atom. The summed E-state index contributed by atoms with van der Waals surface area (Å²) in [6, 6.07) is 0. The molecule has 0 unspecified atom stereocenters. The molecule has 3 nitrogen and oxygen atoms in total. The summed E-state index contributed by atoms with van der Waals surface area (Å²) < 4.78 is 0. The predicted octanol–water partition coefficient (Wildman–Crippen LogP) is 2.29. The molecule has 0 fully saturated rings. The second-order valence-electron chi connectivity index (χ2n) is 3.63. The van der Waals surface area contributed by atoms with Crippen molar-refractivity contribution in [2.45, 2.75) is 46.5 Å². The zero-order chi connectivity index (χ0) is 12.1. The Morgan fingerprint density at radius 1 is 1.27 bits per heavy atom. The van der Waals surface area contributed by atoms with Crippen LogP contribution in [-0.4, -0.2) is 22.8 Å². The summed E-state index contributed by atoms with van der Waals surface area (Å²) in [5, 5.41) is 15.8. The molecule has 0 aromatic heterocycles. The lowest BCUT2D eigenvalue weighted by Crippen LogP contribution is -1.85. The molecule has 0 spiro atoms.